The maximum absolute atomic E-state index is 6.19. The van der Waals surface area contributed by atoms with Gasteiger partial charge in [-0.2, -0.15) is 0 Å². The van der Waals surface area contributed by atoms with Gasteiger partial charge in [0.05, 0.1) is 0 Å². The highest BCUT2D eigenvalue weighted by Crippen LogP contribution is 2.22. The molecule has 2 unspecified atom stereocenters. The molecule has 0 heterocycles. The summed E-state index contributed by atoms with van der Waals surface area (Å²) in [6.07, 6.45) is 30.8. The summed E-state index contributed by atoms with van der Waals surface area (Å²) in [5.74, 6) is 0. The van der Waals surface area contributed by atoms with Gasteiger partial charge < -0.3 is 4.74 Å². The van der Waals surface area contributed by atoms with Crippen molar-refractivity contribution in [2.75, 3.05) is 0 Å². The van der Waals surface area contributed by atoms with Crippen molar-refractivity contribution in [3.63, 3.8) is 0 Å². The number of alkyl halides is 2. The molecule has 2 atom stereocenters. The Labute approximate surface area is 212 Å². The average molecular weight is 635 g/mol. The number of hydrogen-bond donors (Lipinski definition) is 0. The molecule has 0 bridgehead atoms. The Hall–Kier alpha value is 1.42. The van der Waals surface area contributed by atoms with Gasteiger partial charge in [-0.15, -0.1) is 0 Å². The van der Waals surface area contributed by atoms with Gasteiger partial charge in [0.25, 0.3) is 0 Å². The monoisotopic (exact) mass is 634 g/mol. The third-order valence-electron chi connectivity index (χ3n) is 5.86. The molecule has 3 heteroatoms. The lowest BCUT2D eigenvalue weighted by Crippen LogP contribution is -2.12. The van der Waals surface area contributed by atoms with Gasteiger partial charge in [-0.05, 0) is 12.8 Å². The summed E-state index contributed by atoms with van der Waals surface area (Å²) in [5.41, 5.74) is 0. The molecular formula is C26H52I2O. The molecule has 0 saturated heterocycles. The maximum atomic E-state index is 6.19. The third kappa shape index (κ3) is 25.6. The number of unbranched alkanes of at least 4 members (excludes halogenated alkanes) is 18. The van der Waals surface area contributed by atoms with Crippen LogP contribution in [0.3, 0.4) is 0 Å². The normalized spacial score (nSPS) is 13.7. The van der Waals surface area contributed by atoms with Gasteiger partial charge in [-0.3, -0.25) is 0 Å². The van der Waals surface area contributed by atoms with Crippen molar-refractivity contribution in [3.8, 4) is 0 Å². The van der Waals surface area contributed by atoms with Crippen LogP contribution in [-0.4, -0.2) is 8.22 Å². The van der Waals surface area contributed by atoms with E-state index in [2.05, 4.69) is 59.0 Å². The zero-order valence-electron chi connectivity index (χ0n) is 19.9. The van der Waals surface area contributed by atoms with E-state index >= 15 is 0 Å². The number of ether oxygens (including phenoxy) is 1. The van der Waals surface area contributed by atoms with Crippen molar-refractivity contribution in [1.82, 2.24) is 0 Å². The molecule has 0 aliphatic carbocycles. The highest BCUT2D eigenvalue weighted by molar-refractivity contribution is 14.1. The van der Waals surface area contributed by atoms with Crippen LogP contribution >= 0.6 is 45.2 Å². The molecule has 0 aromatic rings. The molecule has 0 radical (unpaired) electrons. The Morgan fingerprint density at radius 1 is 0.414 bits per heavy atom. The zero-order valence-corrected chi connectivity index (χ0v) is 24.2. The Morgan fingerprint density at radius 2 is 0.655 bits per heavy atom. The van der Waals surface area contributed by atoms with E-state index in [0.717, 1.165) is 0 Å². The Balaban J connectivity index is 3.29. The molecule has 0 aromatic carbocycles. The molecule has 0 spiro atoms. The van der Waals surface area contributed by atoms with Crippen LogP contribution in [-0.2, 0) is 4.74 Å². The van der Waals surface area contributed by atoms with Gasteiger partial charge >= 0.3 is 0 Å². The Morgan fingerprint density at radius 3 is 0.931 bits per heavy atom. The molecule has 0 fully saturated rings. The molecule has 29 heavy (non-hydrogen) atoms. The van der Waals surface area contributed by atoms with E-state index in [1.807, 2.05) is 0 Å². The van der Waals surface area contributed by atoms with Gasteiger partial charge in [0, 0.05) is 0 Å². The molecule has 0 rings (SSSR count). The SMILES string of the molecule is CCCCCCCCCCCCC(I)OC(I)CCCCCCCCCCCC. The maximum Gasteiger partial charge on any atom is 0.110 e. The molecule has 0 aliphatic rings. The number of rotatable bonds is 24. The van der Waals surface area contributed by atoms with Gasteiger partial charge in [-0.25, -0.2) is 0 Å². The minimum absolute atomic E-state index is 0.409. The molecular weight excluding hydrogens is 582 g/mol. The molecule has 0 amide bonds. The van der Waals surface area contributed by atoms with Crippen LogP contribution in [0, 0.1) is 0 Å². The van der Waals surface area contributed by atoms with E-state index in [4.69, 9.17) is 4.74 Å². The first-order valence-electron chi connectivity index (χ1n) is 13.1. The molecule has 0 aliphatic heterocycles. The first kappa shape index (κ1) is 30.4. The molecule has 0 aromatic heterocycles. The fraction of sp³-hybridized carbons (Fsp3) is 1.00. The number of hydrogen-bond acceptors (Lipinski definition) is 1. The van der Waals surface area contributed by atoms with E-state index in [1.54, 1.807) is 0 Å². The second-order valence-electron chi connectivity index (χ2n) is 8.90. The van der Waals surface area contributed by atoms with Crippen LogP contribution in [0.4, 0.5) is 0 Å². The first-order valence-corrected chi connectivity index (χ1v) is 15.6. The highest BCUT2D eigenvalue weighted by atomic mass is 127. The summed E-state index contributed by atoms with van der Waals surface area (Å²) in [7, 11) is 0. The molecule has 176 valence electrons. The topological polar surface area (TPSA) is 9.23 Å². The molecule has 0 N–H and O–H groups in total. The van der Waals surface area contributed by atoms with Crippen molar-refractivity contribution in [3.05, 3.63) is 0 Å². The van der Waals surface area contributed by atoms with Crippen LogP contribution in [0.2, 0.25) is 0 Å². The van der Waals surface area contributed by atoms with E-state index in [1.165, 1.54) is 141 Å². The van der Waals surface area contributed by atoms with Crippen LogP contribution < -0.4 is 0 Å². The summed E-state index contributed by atoms with van der Waals surface area (Å²) in [4.78, 5) is 0. The van der Waals surface area contributed by atoms with Crippen LogP contribution in [0.5, 0.6) is 0 Å². The Kier molecular flexibility index (Phi) is 26.9. The van der Waals surface area contributed by atoms with Crippen LogP contribution in [0.15, 0.2) is 0 Å². The second kappa shape index (κ2) is 25.7. The van der Waals surface area contributed by atoms with Crippen molar-refractivity contribution >= 4 is 45.2 Å². The lowest BCUT2D eigenvalue weighted by atomic mass is 10.1. The smallest absolute Gasteiger partial charge is 0.110 e. The van der Waals surface area contributed by atoms with Gasteiger partial charge in [0.1, 0.15) is 8.22 Å². The summed E-state index contributed by atoms with van der Waals surface area (Å²) < 4.78 is 7.01. The minimum atomic E-state index is 0.409. The number of halogens is 2. The van der Waals surface area contributed by atoms with E-state index in [-0.39, 0.29) is 0 Å². The molecule has 1 nitrogen and oxygen atoms in total. The van der Waals surface area contributed by atoms with Crippen LogP contribution in [0.25, 0.3) is 0 Å². The summed E-state index contributed by atoms with van der Waals surface area (Å²) >= 11 is 5.02. The summed E-state index contributed by atoms with van der Waals surface area (Å²) in [6.45, 7) is 4.59. The predicted molar refractivity (Wildman–Crippen MR) is 150 cm³/mol. The lowest BCUT2D eigenvalue weighted by Gasteiger charge is -2.16. The van der Waals surface area contributed by atoms with Gasteiger partial charge in [-0.1, -0.05) is 187 Å². The van der Waals surface area contributed by atoms with Gasteiger partial charge in [0.15, 0.2) is 0 Å². The van der Waals surface area contributed by atoms with Crippen molar-refractivity contribution in [1.29, 1.82) is 0 Å². The average Bonchev–Trinajstić information content (AvgIpc) is 2.70. The standard InChI is InChI=1S/C26H52I2O/c1-3-5-7-9-11-13-15-17-19-21-23-25(27)29-26(28)24-22-20-18-16-14-12-10-8-6-4-2/h25-26H,3-24H2,1-2H3. The summed E-state index contributed by atoms with van der Waals surface area (Å²) in [6, 6.07) is 0. The zero-order chi connectivity index (χ0) is 21.4. The quantitative estimate of drug-likeness (QED) is 0.0583. The third-order valence-corrected chi connectivity index (χ3v) is 7.70. The fourth-order valence-corrected chi connectivity index (χ4v) is 6.03. The largest absolute Gasteiger partial charge is 0.354 e. The first-order chi connectivity index (χ1) is 14.2. The van der Waals surface area contributed by atoms with Crippen molar-refractivity contribution in [2.45, 2.75) is 163 Å². The Bertz CT molecular complexity index is 270. The van der Waals surface area contributed by atoms with E-state index in [0.29, 0.717) is 8.22 Å². The summed E-state index contributed by atoms with van der Waals surface area (Å²) in [5, 5.41) is 0. The van der Waals surface area contributed by atoms with Crippen molar-refractivity contribution in [2.24, 2.45) is 0 Å². The fourth-order valence-electron chi connectivity index (χ4n) is 3.88. The van der Waals surface area contributed by atoms with Crippen molar-refractivity contribution < 1.29 is 4.74 Å². The minimum Gasteiger partial charge on any atom is -0.354 e. The predicted octanol–water partition coefficient (Wildman–Crippen LogP) is 11.1. The van der Waals surface area contributed by atoms with E-state index < -0.39 is 0 Å². The highest BCUT2D eigenvalue weighted by Gasteiger charge is 2.10. The van der Waals surface area contributed by atoms with Crippen LogP contribution in [0.1, 0.15) is 155 Å². The second-order valence-corrected chi connectivity index (χ2v) is 11.7. The van der Waals surface area contributed by atoms with E-state index in [9.17, 15) is 0 Å². The lowest BCUT2D eigenvalue weighted by molar-refractivity contribution is 0.0988. The van der Waals surface area contributed by atoms with Gasteiger partial charge in [0.2, 0.25) is 0 Å². The molecule has 0 saturated carbocycles.